The van der Waals surface area contributed by atoms with Crippen molar-refractivity contribution in [1.29, 1.82) is 0 Å². The number of hydrogen-bond donors (Lipinski definition) is 1. The summed E-state index contributed by atoms with van der Waals surface area (Å²) in [5, 5.41) is 3.89. The van der Waals surface area contributed by atoms with Crippen LogP contribution in [0.5, 0.6) is 0 Å². The SMILES string of the molecule is CS/C(=C\C(=O)c1ccccc1)Nc1ccccn1. The minimum Gasteiger partial charge on any atom is -0.335 e. The van der Waals surface area contributed by atoms with Gasteiger partial charge in [-0.2, -0.15) is 0 Å². The first kappa shape index (κ1) is 13.4. The van der Waals surface area contributed by atoms with Crippen LogP contribution in [0.15, 0.2) is 65.8 Å². The molecule has 0 aliphatic rings. The topological polar surface area (TPSA) is 42.0 Å². The first-order valence-electron chi connectivity index (χ1n) is 5.83. The third-order valence-corrected chi connectivity index (χ3v) is 3.12. The number of carbonyl (C=O) groups is 1. The maximum absolute atomic E-state index is 12.1. The van der Waals surface area contributed by atoms with Crippen molar-refractivity contribution in [3.63, 3.8) is 0 Å². The Kier molecular flexibility index (Phi) is 4.75. The van der Waals surface area contributed by atoms with E-state index in [-0.39, 0.29) is 5.78 Å². The molecule has 1 aromatic carbocycles. The number of aromatic nitrogens is 1. The summed E-state index contributed by atoms with van der Waals surface area (Å²) in [7, 11) is 0. The number of carbonyl (C=O) groups excluding carboxylic acids is 1. The van der Waals surface area contributed by atoms with E-state index in [0.717, 1.165) is 10.8 Å². The number of benzene rings is 1. The molecular weight excluding hydrogens is 256 g/mol. The summed E-state index contributed by atoms with van der Waals surface area (Å²) in [4.78, 5) is 16.2. The quantitative estimate of drug-likeness (QED) is 0.666. The van der Waals surface area contributed by atoms with Gasteiger partial charge in [0.05, 0.1) is 5.03 Å². The van der Waals surface area contributed by atoms with Crippen LogP contribution in [0.3, 0.4) is 0 Å². The lowest BCUT2D eigenvalue weighted by Crippen LogP contribution is -2.02. The number of hydrogen-bond acceptors (Lipinski definition) is 4. The van der Waals surface area contributed by atoms with E-state index in [9.17, 15) is 4.79 Å². The lowest BCUT2D eigenvalue weighted by atomic mass is 10.1. The molecule has 0 saturated carbocycles. The van der Waals surface area contributed by atoms with Crippen molar-refractivity contribution in [1.82, 2.24) is 4.98 Å². The first-order valence-corrected chi connectivity index (χ1v) is 7.05. The molecule has 0 atom stereocenters. The fourth-order valence-electron chi connectivity index (χ4n) is 1.51. The predicted octanol–water partition coefficient (Wildman–Crippen LogP) is 3.58. The van der Waals surface area contributed by atoms with E-state index in [1.807, 2.05) is 42.7 Å². The van der Waals surface area contributed by atoms with E-state index >= 15 is 0 Å². The molecule has 1 N–H and O–H groups in total. The monoisotopic (exact) mass is 270 g/mol. The van der Waals surface area contributed by atoms with Gasteiger partial charge in [-0.25, -0.2) is 4.98 Å². The van der Waals surface area contributed by atoms with Crippen LogP contribution >= 0.6 is 11.8 Å². The zero-order valence-electron chi connectivity index (χ0n) is 10.5. The molecule has 96 valence electrons. The van der Waals surface area contributed by atoms with Crippen molar-refractivity contribution < 1.29 is 4.79 Å². The number of thioether (sulfide) groups is 1. The van der Waals surface area contributed by atoms with Crippen molar-refractivity contribution in [3.8, 4) is 0 Å². The minimum absolute atomic E-state index is 0.0200. The highest BCUT2D eigenvalue weighted by Crippen LogP contribution is 2.16. The van der Waals surface area contributed by atoms with Gasteiger partial charge in [-0.05, 0) is 18.4 Å². The van der Waals surface area contributed by atoms with Crippen LogP contribution in [0.25, 0.3) is 0 Å². The van der Waals surface area contributed by atoms with E-state index in [4.69, 9.17) is 0 Å². The van der Waals surface area contributed by atoms with E-state index in [1.165, 1.54) is 11.8 Å². The molecule has 0 aliphatic heterocycles. The fraction of sp³-hybridized carbons (Fsp3) is 0.0667. The van der Waals surface area contributed by atoms with Crippen LogP contribution in [0.1, 0.15) is 10.4 Å². The van der Waals surface area contributed by atoms with Gasteiger partial charge in [-0.3, -0.25) is 4.79 Å². The Hall–Kier alpha value is -2.07. The Bertz CT molecular complexity index is 567. The molecule has 0 spiro atoms. The van der Waals surface area contributed by atoms with Gasteiger partial charge in [-0.1, -0.05) is 36.4 Å². The number of nitrogens with zero attached hydrogens (tertiary/aromatic N) is 1. The Balaban J connectivity index is 2.13. The summed E-state index contributed by atoms with van der Waals surface area (Å²) >= 11 is 1.48. The molecule has 1 heterocycles. The zero-order chi connectivity index (χ0) is 13.5. The van der Waals surface area contributed by atoms with Crippen LogP contribution in [-0.2, 0) is 0 Å². The van der Waals surface area contributed by atoms with Crippen molar-refractivity contribution >= 4 is 23.4 Å². The predicted molar refractivity (Wildman–Crippen MR) is 80.2 cm³/mol. The molecule has 0 unspecified atom stereocenters. The van der Waals surface area contributed by atoms with Crippen molar-refractivity contribution in [2.75, 3.05) is 11.6 Å². The van der Waals surface area contributed by atoms with Gasteiger partial charge in [-0.15, -0.1) is 11.8 Å². The average Bonchev–Trinajstić information content (AvgIpc) is 2.48. The smallest absolute Gasteiger partial charge is 0.188 e. The molecule has 19 heavy (non-hydrogen) atoms. The van der Waals surface area contributed by atoms with Crippen LogP contribution in [0, 0.1) is 0 Å². The summed E-state index contributed by atoms with van der Waals surface area (Å²) in [5.41, 5.74) is 0.678. The summed E-state index contributed by atoms with van der Waals surface area (Å²) in [6.45, 7) is 0. The van der Waals surface area contributed by atoms with E-state index in [0.29, 0.717) is 5.56 Å². The maximum atomic E-state index is 12.1. The number of anilines is 1. The Morgan fingerprint density at radius 1 is 1.16 bits per heavy atom. The van der Waals surface area contributed by atoms with Crippen molar-refractivity contribution in [2.45, 2.75) is 0 Å². The zero-order valence-corrected chi connectivity index (χ0v) is 11.4. The molecule has 3 nitrogen and oxygen atoms in total. The standard InChI is InChI=1S/C15H14N2OS/c1-19-15(17-14-9-5-6-10-16-14)11-13(18)12-7-3-2-4-8-12/h2-11H,1H3,(H,16,17)/b15-11-. The lowest BCUT2D eigenvalue weighted by Gasteiger charge is -2.07. The highest BCUT2D eigenvalue weighted by Gasteiger charge is 2.04. The van der Waals surface area contributed by atoms with Crippen molar-refractivity contribution in [3.05, 3.63) is 71.4 Å². The summed E-state index contributed by atoms with van der Waals surface area (Å²) in [6.07, 6.45) is 5.22. The number of nitrogens with one attached hydrogen (secondary N) is 1. The lowest BCUT2D eigenvalue weighted by molar-refractivity contribution is 0.104. The number of rotatable bonds is 5. The van der Waals surface area contributed by atoms with Gasteiger partial charge >= 0.3 is 0 Å². The van der Waals surface area contributed by atoms with Crippen LogP contribution in [-0.4, -0.2) is 17.0 Å². The molecular formula is C15H14N2OS. The van der Waals surface area contributed by atoms with E-state index < -0.39 is 0 Å². The Labute approximate surface area is 116 Å². The van der Waals surface area contributed by atoms with Gasteiger partial charge in [0, 0.05) is 17.8 Å². The second kappa shape index (κ2) is 6.75. The van der Waals surface area contributed by atoms with Gasteiger partial charge in [0.1, 0.15) is 5.82 Å². The number of ketones is 1. The van der Waals surface area contributed by atoms with Crippen LogP contribution in [0.2, 0.25) is 0 Å². The van der Waals surface area contributed by atoms with Gasteiger partial charge in [0.25, 0.3) is 0 Å². The summed E-state index contributed by atoms with van der Waals surface area (Å²) < 4.78 is 0. The number of allylic oxidation sites excluding steroid dienone is 1. The normalized spacial score (nSPS) is 11.1. The second-order valence-corrected chi connectivity index (χ2v) is 4.63. The maximum Gasteiger partial charge on any atom is 0.188 e. The summed E-state index contributed by atoms with van der Waals surface area (Å²) in [6, 6.07) is 14.8. The highest BCUT2D eigenvalue weighted by atomic mass is 32.2. The van der Waals surface area contributed by atoms with Crippen LogP contribution in [0.4, 0.5) is 5.82 Å². The van der Waals surface area contributed by atoms with E-state index in [1.54, 1.807) is 24.4 Å². The third-order valence-electron chi connectivity index (χ3n) is 2.46. The second-order valence-electron chi connectivity index (χ2n) is 3.78. The van der Waals surface area contributed by atoms with Crippen LogP contribution < -0.4 is 5.32 Å². The molecule has 0 saturated heterocycles. The van der Waals surface area contributed by atoms with Gasteiger partial charge in [0.2, 0.25) is 0 Å². The van der Waals surface area contributed by atoms with Crippen molar-refractivity contribution in [2.24, 2.45) is 0 Å². The first-order chi connectivity index (χ1) is 9.29. The molecule has 0 aliphatic carbocycles. The fourth-order valence-corrected chi connectivity index (χ4v) is 1.95. The average molecular weight is 270 g/mol. The Morgan fingerprint density at radius 2 is 1.89 bits per heavy atom. The Morgan fingerprint density at radius 3 is 2.53 bits per heavy atom. The molecule has 0 bridgehead atoms. The van der Waals surface area contributed by atoms with Gasteiger partial charge in [0.15, 0.2) is 5.78 Å². The summed E-state index contributed by atoms with van der Waals surface area (Å²) in [5.74, 6) is 0.706. The number of pyridine rings is 1. The minimum atomic E-state index is -0.0200. The molecule has 2 aromatic rings. The molecule has 0 fully saturated rings. The molecule has 2 rings (SSSR count). The molecule has 0 amide bonds. The largest absolute Gasteiger partial charge is 0.335 e. The highest BCUT2D eigenvalue weighted by molar-refractivity contribution is 8.02. The van der Waals surface area contributed by atoms with E-state index in [2.05, 4.69) is 10.3 Å². The molecule has 4 heteroatoms. The third kappa shape index (κ3) is 3.96. The molecule has 0 radical (unpaired) electrons. The molecule has 1 aromatic heterocycles. The van der Waals surface area contributed by atoms with Gasteiger partial charge < -0.3 is 5.32 Å².